The molecule has 1 heterocycles. The van der Waals surface area contributed by atoms with Gasteiger partial charge >= 0.3 is 0 Å². The van der Waals surface area contributed by atoms with Gasteiger partial charge in [-0.2, -0.15) is 5.26 Å². The van der Waals surface area contributed by atoms with Gasteiger partial charge in [-0.15, -0.1) is 0 Å². The molecule has 0 aliphatic rings. The lowest BCUT2D eigenvalue weighted by atomic mass is 10.2. The number of anilines is 1. The van der Waals surface area contributed by atoms with Crippen LogP contribution in [-0.2, 0) is 6.42 Å². The average Bonchev–Trinajstić information content (AvgIpc) is 2.27. The molecule has 0 saturated heterocycles. The lowest BCUT2D eigenvalue weighted by Gasteiger charge is -2.16. The number of nitrogens with zero attached hydrogens (tertiary/aromatic N) is 4. The van der Waals surface area contributed by atoms with E-state index in [1.807, 2.05) is 18.0 Å². The summed E-state index contributed by atoms with van der Waals surface area (Å²) in [7, 11) is 1.94. The predicted octanol–water partition coefficient (Wildman–Crippen LogP) is 1.78. The topological polar surface area (TPSA) is 52.8 Å². The van der Waals surface area contributed by atoms with Crippen molar-refractivity contribution < 1.29 is 0 Å². The van der Waals surface area contributed by atoms with Crippen molar-refractivity contribution in [2.45, 2.75) is 26.2 Å². The monoisotopic (exact) mass is 204 g/mol. The van der Waals surface area contributed by atoms with Gasteiger partial charge in [0.15, 0.2) is 0 Å². The molecular formula is C11H16N4. The second kappa shape index (κ2) is 5.97. The highest BCUT2D eigenvalue weighted by molar-refractivity contribution is 5.37. The van der Waals surface area contributed by atoms with Gasteiger partial charge in [-0.3, -0.25) is 0 Å². The molecule has 0 spiro atoms. The molecule has 80 valence electrons. The quantitative estimate of drug-likeness (QED) is 0.733. The van der Waals surface area contributed by atoms with E-state index < -0.39 is 0 Å². The van der Waals surface area contributed by atoms with Gasteiger partial charge < -0.3 is 4.90 Å². The first-order valence-electron chi connectivity index (χ1n) is 5.17. The zero-order valence-corrected chi connectivity index (χ0v) is 9.27. The van der Waals surface area contributed by atoms with Crippen LogP contribution in [0.1, 0.15) is 25.5 Å². The van der Waals surface area contributed by atoms with Crippen molar-refractivity contribution in [3.63, 3.8) is 0 Å². The van der Waals surface area contributed by atoms with Crippen molar-refractivity contribution in [2.24, 2.45) is 0 Å². The van der Waals surface area contributed by atoms with E-state index in [4.69, 9.17) is 5.26 Å². The summed E-state index contributed by atoms with van der Waals surface area (Å²) in [5.74, 6) is 0.892. The van der Waals surface area contributed by atoms with E-state index in [0.717, 1.165) is 24.4 Å². The SMILES string of the molecule is CCCc1cc(N(C)CCC#N)ncn1. The fourth-order valence-corrected chi connectivity index (χ4v) is 1.32. The van der Waals surface area contributed by atoms with E-state index in [2.05, 4.69) is 23.0 Å². The molecule has 0 aliphatic heterocycles. The van der Waals surface area contributed by atoms with E-state index in [-0.39, 0.29) is 0 Å². The molecule has 0 atom stereocenters. The predicted molar refractivity (Wildman–Crippen MR) is 59.5 cm³/mol. The molecule has 0 saturated carbocycles. The van der Waals surface area contributed by atoms with Gasteiger partial charge in [0.05, 0.1) is 12.5 Å². The minimum absolute atomic E-state index is 0.517. The second-order valence-electron chi connectivity index (χ2n) is 3.45. The molecular weight excluding hydrogens is 188 g/mol. The highest BCUT2D eigenvalue weighted by Crippen LogP contribution is 2.10. The molecule has 0 fully saturated rings. The molecule has 1 aromatic heterocycles. The molecule has 0 radical (unpaired) electrons. The second-order valence-corrected chi connectivity index (χ2v) is 3.45. The van der Waals surface area contributed by atoms with Crippen LogP contribution in [0.2, 0.25) is 0 Å². The van der Waals surface area contributed by atoms with Gasteiger partial charge in [0.2, 0.25) is 0 Å². The Morgan fingerprint density at radius 2 is 2.27 bits per heavy atom. The Morgan fingerprint density at radius 3 is 2.93 bits per heavy atom. The van der Waals surface area contributed by atoms with E-state index in [0.29, 0.717) is 13.0 Å². The minimum atomic E-state index is 0.517. The number of hydrogen-bond acceptors (Lipinski definition) is 4. The number of rotatable bonds is 5. The molecule has 1 rings (SSSR count). The number of aromatic nitrogens is 2. The Labute approximate surface area is 90.6 Å². The van der Waals surface area contributed by atoms with Crippen molar-refractivity contribution in [1.82, 2.24) is 9.97 Å². The molecule has 1 aromatic rings. The number of nitriles is 1. The zero-order chi connectivity index (χ0) is 11.1. The molecule has 0 bridgehead atoms. The lowest BCUT2D eigenvalue weighted by molar-refractivity contribution is 0.844. The Balaban J connectivity index is 2.67. The van der Waals surface area contributed by atoms with Crippen LogP contribution in [-0.4, -0.2) is 23.6 Å². The van der Waals surface area contributed by atoms with Crippen LogP contribution < -0.4 is 4.90 Å². The van der Waals surface area contributed by atoms with E-state index in [9.17, 15) is 0 Å². The van der Waals surface area contributed by atoms with Crippen molar-refractivity contribution in [1.29, 1.82) is 5.26 Å². The van der Waals surface area contributed by atoms with Gasteiger partial charge in [0, 0.05) is 25.4 Å². The van der Waals surface area contributed by atoms with E-state index >= 15 is 0 Å². The third-order valence-electron chi connectivity index (χ3n) is 2.17. The molecule has 0 N–H and O–H groups in total. The Bertz CT molecular complexity index is 343. The standard InChI is InChI=1S/C11H16N4/c1-3-5-10-8-11(14-9-13-10)15(2)7-4-6-12/h8-9H,3-5,7H2,1-2H3. The van der Waals surface area contributed by atoms with E-state index in [1.54, 1.807) is 6.33 Å². The fourth-order valence-electron chi connectivity index (χ4n) is 1.32. The van der Waals surface area contributed by atoms with Crippen LogP contribution in [0.15, 0.2) is 12.4 Å². The summed E-state index contributed by atoms with van der Waals surface area (Å²) in [4.78, 5) is 10.3. The maximum atomic E-state index is 8.49. The Kier molecular flexibility index (Phi) is 4.55. The Hall–Kier alpha value is -1.63. The van der Waals surface area contributed by atoms with Crippen LogP contribution in [0, 0.1) is 11.3 Å². The molecule has 15 heavy (non-hydrogen) atoms. The lowest BCUT2D eigenvalue weighted by Crippen LogP contribution is -2.19. The van der Waals surface area contributed by atoms with Crippen molar-refractivity contribution in [3.05, 3.63) is 18.1 Å². The third-order valence-corrected chi connectivity index (χ3v) is 2.17. The molecule has 4 heteroatoms. The maximum Gasteiger partial charge on any atom is 0.131 e. The van der Waals surface area contributed by atoms with Crippen LogP contribution in [0.5, 0.6) is 0 Å². The highest BCUT2D eigenvalue weighted by Gasteiger charge is 2.03. The summed E-state index contributed by atoms with van der Waals surface area (Å²) >= 11 is 0. The third kappa shape index (κ3) is 3.55. The zero-order valence-electron chi connectivity index (χ0n) is 9.27. The van der Waals surface area contributed by atoms with Crippen LogP contribution in [0.25, 0.3) is 0 Å². The van der Waals surface area contributed by atoms with Gasteiger partial charge in [-0.25, -0.2) is 9.97 Å². The first-order valence-corrected chi connectivity index (χ1v) is 5.17. The molecule has 0 aliphatic carbocycles. The molecule has 0 unspecified atom stereocenters. The van der Waals surface area contributed by atoms with Crippen molar-refractivity contribution >= 4 is 5.82 Å². The van der Waals surface area contributed by atoms with Crippen molar-refractivity contribution in [3.8, 4) is 6.07 Å². The smallest absolute Gasteiger partial charge is 0.131 e. The van der Waals surface area contributed by atoms with Gasteiger partial charge in [0.1, 0.15) is 12.1 Å². The minimum Gasteiger partial charge on any atom is -0.359 e. The summed E-state index contributed by atoms with van der Waals surface area (Å²) in [6, 6.07) is 4.11. The average molecular weight is 204 g/mol. The van der Waals surface area contributed by atoms with Crippen LogP contribution in [0.4, 0.5) is 5.82 Å². The highest BCUT2D eigenvalue weighted by atomic mass is 15.2. The number of hydrogen-bond donors (Lipinski definition) is 0. The maximum absolute atomic E-state index is 8.49. The molecule has 4 nitrogen and oxygen atoms in total. The normalized spacial score (nSPS) is 9.67. The summed E-state index contributed by atoms with van der Waals surface area (Å²) in [6.45, 7) is 2.83. The van der Waals surface area contributed by atoms with Crippen LogP contribution in [0.3, 0.4) is 0 Å². The summed E-state index contributed by atoms with van der Waals surface area (Å²) in [6.07, 6.45) is 4.16. The van der Waals surface area contributed by atoms with Gasteiger partial charge in [-0.1, -0.05) is 13.3 Å². The first kappa shape index (κ1) is 11.4. The van der Waals surface area contributed by atoms with Crippen LogP contribution >= 0.6 is 0 Å². The summed E-state index contributed by atoms with van der Waals surface area (Å²) < 4.78 is 0. The summed E-state index contributed by atoms with van der Waals surface area (Å²) in [5, 5.41) is 8.49. The van der Waals surface area contributed by atoms with E-state index in [1.165, 1.54) is 0 Å². The first-order chi connectivity index (χ1) is 7.27. The largest absolute Gasteiger partial charge is 0.359 e. The molecule has 0 aromatic carbocycles. The van der Waals surface area contributed by atoms with Gasteiger partial charge in [-0.05, 0) is 6.42 Å². The molecule has 0 amide bonds. The van der Waals surface area contributed by atoms with Crippen molar-refractivity contribution in [2.75, 3.05) is 18.5 Å². The van der Waals surface area contributed by atoms with Gasteiger partial charge in [0.25, 0.3) is 0 Å². The Morgan fingerprint density at radius 1 is 1.47 bits per heavy atom. The summed E-state index contributed by atoms with van der Waals surface area (Å²) in [5.41, 5.74) is 1.06. The fraction of sp³-hybridized carbons (Fsp3) is 0.545. The number of aryl methyl sites for hydroxylation is 1.